The van der Waals surface area contributed by atoms with Gasteiger partial charge >= 0.3 is 0 Å². The van der Waals surface area contributed by atoms with Crippen LogP contribution in [0.5, 0.6) is 5.75 Å². The van der Waals surface area contributed by atoms with Crippen LogP contribution in [0.4, 0.5) is 11.4 Å². The second kappa shape index (κ2) is 8.93. The molecule has 1 atom stereocenters. The van der Waals surface area contributed by atoms with E-state index in [0.717, 1.165) is 17.0 Å². The van der Waals surface area contributed by atoms with Crippen LogP contribution in [-0.2, 0) is 9.59 Å². The average molecular weight is 398 g/mol. The highest BCUT2D eigenvalue weighted by Crippen LogP contribution is 2.27. The van der Waals surface area contributed by atoms with E-state index in [9.17, 15) is 9.59 Å². The fourth-order valence-corrected chi connectivity index (χ4v) is 3.61. The average Bonchev–Trinajstić information content (AvgIpc) is 3.04. The summed E-state index contributed by atoms with van der Waals surface area (Å²) in [6.07, 6.45) is 0. The molecule has 1 aliphatic heterocycles. The van der Waals surface area contributed by atoms with E-state index in [1.165, 1.54) is 11.8 Å². The second-order valence-electron chi connectivity index (χ2n) is 6.37. The zero-order chi connectivity index (χ0) is 20.1. The van der Waals surface area contributed by atoms with Crippen LogP contribution in [0.3, 0.4) is 0 Å². The Morgan fingerprint density at radius 3 is 2.54 bits per heavy atom. The number of amidine groups is 1. The number of rotatable bonds is 6. The molecule has 6 nitrogen and oxygen atoms in total. The molecule has 0 spiro atoms. The van der Waals surface area contributed by atoms with Gasteiger partial charge in [0.25, 0.3) is 5.91 Å². The molecule has 2 aromatic carbocycles. The third-order valence-corrected chi connectivity index (χ3v) is 5.26. The monoisotopic (exact) mass is 397 g/mol. The third kappa shape index (κ3) is 4.72. The van der Waals surface area contributed by atoms with Crippen LogP contribution >= 0.6 is 11.8 Å². The highest BCUT2D eigenvalue weighted by atomic mass is 32.2. The summed E-state index contributed by atoms with van der Waals surface area (Å²) in [5, 5.41) is 3.02. The van der Waals surface area contributed by atoms with Crippen molar-refractivity contribution >= 4 is 40.1 Å². The number of carbonyl (C=O) groups is 2. The highest BCUT2D eigenvalue weighted by Gasteiger charge is 2.30. The molecule has 28 heavy (non-hydrogen) atoms. The molecule has 2 aromatic rings. The molecule has 0 radical (unpaired) electrons. The molecule has 0 fully saturated rings. The molecule has 146 valence electrons. The van der Waals surface area contributed by atoms with Gasteiger partial charge in [-0.15, -0.1) is 0 Å². The van der Waals surface area contributed by atoms with Gasteiger partial charge in [0.1, 0.15) is 12.3 Å². The Bertz CT molecular complexity index is 879. The lowest BCUT2D eigenvalue weighted by molar-refractivity contribution is -0.116. The van der Waals surface area contributed by atoms with E-state index in [0.29, 0.717) is 17.5 Å². The Labute approximate surface area is 169 Å². The van der Waals surface area contributed by atoms with Crippen molar-refractivity contribution in [2.45, 2.75) is 26.0 Å². The van der Waals surface area contributed by atoms with Gasteiger partial charge in [-0.3, -0.25) is 19.5 Å². The first-order valence-corrected chi connectivity index (χ1v) is 10.0. The fraction of sp³-hybridized carbons (Fsp3) is 0.286. The van der Waals surface area contributed by atoms with Crippen molar-refractivity contribution in [1.29, 1.82) is 0 Å². The van der Waals surface area contributed by atoms with Crippen LogP contribution in [-0.4, -0.2) is 35.4 Å². The van der Waals surface area contributed by atoms with E-state index in [1.807, 2.05) is 50.2 Å². The zero-order valence-electron chi connectivity index (χ0n) is 16.1. The van der Waals surface area contributed by atoms with E-state index < -0.39 is 5.25 Å². The van der Waals surface area contributed by atoms with Crippen molar-refractivity contribution in [3.8, 4) is 5.75 Å². The Morgan fingerprint density at radius 1 is 1.21 bits per heavy atom. The number of aliphatic imine (C=N–C) groups is 1. The first-order valence-electron chi connectivity index (χ1n) is 9.12. The van der Waals surface area contributed by atoms with E-state index >= 15 is 0 Å². The van der Waals surface area contributed by atoms with Gasteiger partial charge in [-0.05, 0) is 57.2 Å². The number of ether oxygens (including phenoxy) is 1. The number of anilines is 2. The van der Waals surface area contributed by atoms with Crippen molar-refractivity contribution in [3.05, 3.63) is 54.1 Å². The Balaban J connectivity index is 1.64. The van der Waals surface area contributed by atoms with Crippen molar-refractivity contribution in [2.24, 2.45) is 4.99 Å². The summed E-state index contributed by atoms with van der Waals surface area (Å²) < 4.78 is 5.40. The van der Waals surface area contributed by atoms with E-state index in [4.69, 9.17) is 4.74 Å². The minimum Gasteiger partial charge on any atom is -0.494 e. The minimum absolute atomic E-state index is 0.0922. The molecular weight excluding hydrogens is 374 g/mol. The molecule has 0 unspecified atom stereocenters. The van der Waals surface area contributed by atoms with Crippen LogP contribution in [0.25, 0.3) is 0 Å². The minimum atomic E-state index is -0.413. The zero-order valence-corrected chi connectivity index (χ0v) is 17.0. The smallest absolute Gasteiger partial charge is 0.254 e. The molecular formula is C21H23N3O3S. The van der Waals surface area contributed by atoms with Gasteiger partial charge < -0.3 is 10.1 Å². The van der Waals surface area contributed by atoms with Gasteiger partial charge in [-0.2, -0.15) is 0 Å². The summed E-state index contributed by atoms with van der Waals surface area (Å²) in [5.41, 5.74) is 2.57. The van der Waals surface area contributed by atoms with Crippen molar-refractivity contribution in [3.63, 3.8) is 0 Å². The maximum absolute atomic E-state index is 12.6. The van der Waals surface area contributed by atoms with E-state index in [-0.39, 0.29) is 18.4 Å². The number of carbonyl (C=O) groups excluding carboxylic acids is 2. The van der Waals surface area contributed by atoms with Crippen molar-refractivity contribution in [2.75, 3.05) is 23.4 Å². The topological polar surface area (TPSA) is 71.0 Å². The van der Waals surface area contributed by atoms with Crippen LogP contribution in [0, 0.1) is 6.92 Å². The summed E-state index contributed by atoms with van der Waals surface area (Å²) in [5.74, 6) is 0.515. The van der Waals surface area contributed by atoms with Gasteiger partial charge in [0.05, 0.1) is 17.5 Å². The van der Waals surface area contributed by atoms with Crippen LogP contribution in [0.15, 0.2) is 53.5 Å². The van der Waals surface area contributed by atoms with Gasteiger partial charge in [0.15, 0.2) is 5.17 Å². The molecule has 0 bridgehead atoms. The lowest BCUT2D eigenvalue weighted by Gasteiger charge is -2.20. The Kier molecular flexibility index (Phi) is 6.36. The summed E-state index contributed by atoms with van der Waals surface area (Å²) in [4.78, 5) is 30.7. The summed E-state index contributed by atoms with van der Waals surface area (Å²) in [7, 11) is 0. The number of aryl methyl sites for hydroxylation is 1. The number of hydrogen-bond acceptors (Lipinski definition) is 5. The standard InChI is InChI=1S/C21H23N3O3S/c1-4-27-18-11-7-16(8-12-18)23-20(26)15(3)28-21-22-13-19(25)24(21)17-9-5-14(2)6-10-17/h5-12,15H,4,13H2,1-3H3,(H,23,26)/t15-/m1/s1. The maximum atomic E-state index is 12.6. The van der Waals surface area contributed by atoms with Gasteiger partial charge in [-0.25, -0.2) is 0 Å². The van der Waals surface area contributed by atoms with Gasteiger partial charge in [-0.1, -0.05) is 29.5 Å². The van der Waals surface area contributed by atoms with Gasteiger partial charge in [0.2, 0.25) is 5.91 Å². The van der Waals surface area contributed by atoms with E-state index in [2.05, 4.69) is 10.3 Å². The molecule has 0 aromatic heterocycles. The molecule has 2 amide bonds. The number of nitrogens with zero attached hydrogens (tertiary/aromatic N) is 2. The summed E-state index contributed by atoms with van der Waals surface area (Å²) in [6.45, 7) is 6.41. The quantitative estimate of drug-likeness (QED) is 0.804. The fourth-order valence-electron chi connectivity index (χ4n) is 2.68. The SMILES string of the molecule is CCOc1ccc(NC(=O)[C@@H](C)SC2=NCC(=O)N2c2ccc(C)cc2)cc1. The first kappa shape index (κ1) is 19.9. The first-order chi connectivity index (χ1) is 13.5. The lowest BCUT2D eigenvalue weighted by atomic mass is 10.2. The largest absolute Gasteiger partial charge is 0.494 e. The summed E-state index contributed by atoms with van der Waals surface area (Å²) in [6, 6.07) is 14.9. The third-order valence-electron chi connectivity index (χ3n) is 4.17. The van der Waals surface area contributed by atoms with Crippen LogP contribution in [0.1, 0.15) is 19.4 Å². The predicted octanol–water partition coefficient (Wildman–Crippen LogP) is 3.86. The number of thioether (sulfide) groups is 1. The van der Waals surface area contributed by atoms with Crippen LogP contribution in [0.2, 0.25) is 0 Å². The van der Waals surface area contributed by atoms with Crippen molar-refractivity contribution in [1.82, 2.24) is 0 Å². The number of benzene rings is 2. The second-order valence-corrected chi connectivity index (χ2v) is 7.68. The van der Waals surface area contributed by atoms with Crippen LogP contribution < -0.4 is 15.0 Å². The Hall–Kier alpha value is -2.80. The normalized spacial score (nSPS) is 14.6. The lowest BCUT2D eigenvalue weighted by Crippen LogP contribution is -2.33. The predicted molar refractivity (Wildman–Crippen MR) is 114 cm³/mol. The molecule has 3 rings (SSSR count). The molecule has 0 saturated carbocycles. The molecule has 0 aliphatic carbocycles. The Morgan fingerprint density at radius 2 is 1.89 bits per heavy atom. The molecule has 1 heterocycles. The summed E-state index contributed by atoms with van der Waals surface area (Å²) >= 11 is 1.28. The van der Waals surface area contributed by atoms with Gasteiger partial charge in [0, 0.05) is 5.69 Å². The molecule has 0 saturated heterocycles. The van der Waals surface area contributed by atoms with E-state index in [1.54, 1.807) is 24.0 Å². The number of amides is 2. The highest BCUT2D eigenvalue weighted by molar-refractivity contribution is 8.15. The number of nitrogens with one attached hydrogen (secondary N) is 1. The maximum Gasteiger partial charge on any atom is 0.254 e. The number of hydrogen-bond donors (Lipinski definition) is 1. The molecule has 1 N–H and O–H groups in total. The molecule has 7 heteroatoms. The van der Waals surface area contributed by atoms with Crippen molar-refractivity contribution < 1.29 is 14.3 Å². The molecule has 1 aliphatic rings.